The SMILES string of the molecule is CCOc1ccc(-n2c(SC(C)C(=O)Nc3ccc(NC(C)=O)cc3)nnc2-c2ccc(Br)cc2)cc1. The van der Waals surface area contributed by atoms with Crippen molar-refractivity contribution in [3.05, 3.63) is 77.3 Å². The molecule has 0 aliphatic rings. The van der Waals surface area contributed by atoms with Crippen LogP contribution in [0, 0.1) is 0 Å². The molecule has 2 N–H and O–H groups in total. The number of thioether (sulfide) groups is 1. The molecule has 0 saturated carbocycles. The van der Waals surface area contributed by atoms with Crippen LogP contribution in [0.2, 0.25) is 0 Å². The van der Waals surface area contributed by atoms with E-state index in [4.69, 9.17) is 4.74 Å². The van der Waals surface area contributed by atoms with E-state index in [9.17, 15) is 9.59 Å². The van der Waals surface area contributed by atoms with Gasteiger partial charge in [-0.15, -0.1) is 10.2 Å². The number of amides is 2. The third-order valence-electron chi connectivity index (χ3n) is 5.27. The van der Waals surface area contributed by atoms with Crippen LogP contribution in [0.4, 0.5) is 11.4 Å². The Balaban J connectivity index is 1.57. The van der Waals surface area contributed by atoms with Crippen LogP contribution in [-0.4, -0.2) is 38.4 Å². The maximum absolute atomic E-state index is 13.0. The number of hydrogen-bond donors (Lipinski definition) is 2. The highest BCUT2D eigenvalue weighted by Gasteiger charge is 2.22. The third-order valence-corrected chi connectivity index (χ3v) is 6.84. The van der Waals surface area contributed by atoms with Crippen molar-refractivity contribution in [3.63, 3.8) is 0 Å². The van der Waals surface area contributed by atoms with Crippen LogP contribution in [0.25, 0.3) is 17.1 Å². The van der Waals surface area contributed by atoms with Gasteiger partial charge in [0.05, 0.1) is 11.9 Å². The molecule has 10 heteroatoms. The molecule has 0 radical (unpaired) electrons. The van der Waals surface area contributed by atoms with Gasteiger partial charge in [0.1, 0.15) is 5.75 Å². The number of hydrogen-bond acceptors (Lipinski definition) is 6. The van der Waals surface area contributed by atoms with E-state index >= 15 is 0 Å². The smallest absolute Gasteiger partial charge is 0.237 e. The van der Waals surface area contributed by atoms with Gasteiger partial charge in [-0.1, -0.05) is 39.8 Å². The van der Waals surface area contributed by atoms with Gasteiger partial charge in [0, 0.05) is 34.0 Å². The number of carbonyl (C=O) groups is 2. The second kappa shape index (κ2) is 12.1. The van der Waals surface area contributed by atoms with Crippen LogP contribution < -0.4 is 15.4 Å². The molecule has 0 saturated heterocycles. The van der Waals surface area contributed by atoms with Crippen LogP contribution in [0.15, 0.2) is 82.4 Å². The third kappa shape index (κ3) is 6.78. The van der Waals surface area contributed by atoms with E-state index in [0.717, 1.165) is 21.5 Å². The maximum atomic E-state index is 13.0. The molecule has 190 valence electrons. The first-order valence-corrected chi connectivity index (χ1v) is 13.3. The second-order valence-corrected chi connectivity index (χ2v) is 10.3. The lowest BCUT2D eigenvalue weighted by Gasteiger charge is -2.15. The number of nitrogens with one attached hydrogen (secondary N) is 2. The van der Waals surface area contributed by atoms with Gasteiger partial charge in [-0.3, -0.25) is 14.2 Å². The lowest BCUT2D eigenvalue weighted by Crippen LogP contribution is -2.23. The maximum Gasteiger partial charge on any atom is 0.237 e. The van der Waals surface area contributed by atoms with Gasteiger partial charge in [0.25, 0.3) is 0 Å². The van der Waals surface area contributed by atoms with E-state index in [-0.39, 0.29) is 11.8 Å². The number of halogens is 1. The normalized spacial score (nSPS) is 11.6. The molecule has 0 aliphatic carbocycles. The standard InChI is InChI=1S/C27H26BrN5O3S/c1-4-36-24-15-13-23(14-16-24)33-25(19-5-7-20(28)8-6-19)31-32-27(33)37-17(2)26(35)30-22-11-9-21(10-12-22)29-18(3)34/h5-17H,4H2,1-3H3,(H,29,34)(H,30,35). The van der Waals surface area contributed by atoms with Gasteiger partial charge in [-0.05, 0) is 74.5 Å². The number of nitrogens with zero attached hydrogens (tertiary/aromatic N) is 3. The molecule has 37 heavy (non-hydrogen) atoms. The molecular formula is C27H26BrN5O3S. The quantitative estimate of drug-likeness (QED) is 0.230. The zero-order valence-corrected chi connectivity index (χ0v) is 23.0. The summed E-state index contributed by atoms with van der Waals surface area (Å²) in [4.78, 5) is 24.2. The van der Waals surface area contributed by atoms with Crippen molar-refractivity contribution in [2.75, 3.05) is 17.2 Å². The molecule has 0 spiro atoms. The Morgan fingerprint density at radius 1 is 0.946 bits per heavy atom. The van der Waals surface area contributed by atoms with Crippen molar-refractivity contribution in [3.8, 4) is 22.8 Å². The summed E-state index contributed by atoms with van der Waals surface area (Å²) in [6, 6.07) is 22.5. The van der Waals surface area contributed by atoms with E-state index in [1.807, 2.05) is 66.9 Å². The largest absolute Gasteiger partial charge is 0.494 e. The number of carbonyl (C=O) groups excluding carboxylic acids is 2. The average Bonchev–Trinajstić information content (AvgIpc) is 3.29. The van der Waals surface area contributed by atoms with E-state index in [1.165, 1.54) is 18.7 Å². The van der Waals surface area contributed by atoms with Crippen LogP contribution in [0.1, 0.15) is 20.8 Å². The van der Waals surface area contributed by atoms with Crippen molar-refractivity contribution in [2.24, 2.45) is 0 Å². The highest BCUT2D eigenvalue weighted by molar-refractivity contribution is 9.10. The number of anilines is 2. The summed E-state index contributed by atoms with van der Waals surface area (Å²) >= 11 is 4.79. The van der Waals surface area contributed by atoms with Gasteiger partial charge in [0.15, 0.2) is 11.0 Å². The molecular weight excluding hydrogens is 554 g/mol. The fourth-order valence-corrected chi connectivity index (χ4v) is 4.65. The number of rotatable bonds is 9. The molecule has 1 unspecified atom stereocenters. The Morgan fingerprint density at radius 3 is 2.16 bits per heavy atom. The predicted octanol–water partition coefficient (Wildman–Crippen LogP) is 6.17. The number of aromatic nitrogens is 3. The minimum Gasteiger partial charge on any atom is -0.494 e. The van der Waals surface area contributed by atoms with Crippen LogP contribution in [0.3, 0.4) is 0 Å². The lowest BCUT2D eigenvalue weighted by molar-refractivity contribution is -0.115. The van der Waals surface area contributed by atoms with Crippen LogP contribution in [0.5, 0.6) is 5.75 Å². The molecule has 4 aromatic rings. The molecule has 4 rings (SSSR count). The molecule has 3 aromatic carbocycles. The minimum absolute atomic E-state index is 0.152. The molecule has 0 aliphatic heterocycles. The van der Waals surface area contributed by atoms with Gasteiger partial charge in [-0.25, -0.2) is 0 Å². The Labute approximate surface area is 228 Å². The van der Waals surface area contributed by atoms with E-state index in [0.29, 0.717) is 29.0 Å². The van der Waals surface area contributed by atoms with Gasteiger partial charge >= 0.3 is 0 Å². The van der Waals surface area contributed by atoms with E-state index in [2.05, 4.69) is 36.8 Å². The Kier molecular flexibility index (Phi) is 8.62. The number of ether oxygens (including phenoxy) is 1. The summed E-state index contributed by atoms with van der Waals surface area (Å²) in [5.74, 6) is 1.11. The molecule has 0 fully saturated rings. The van der Waals surface area contributed by atoms with Crippen molar-refractivity contribution in [1.82, 2.24) is 14.8 Å². The van der Waals surface area contributed by atoms with Crippen molar-refractivity contribution in [1.29, 1.82) is 0 Å². The van der Waals surface area contributed by atoms with Crippen molar-refractivity contribution >= 4 is 50.9 Å². The first-order valence-electron chi connectivity index (χ1n) is 11.6. The second-order valence-electron chi connectivity index (χ2n) is 8.08. The summed E-state index contributed by atoms with van der Waals surface area (Å²) in [5, 5.41) is 14.6. The number of benzene rings is 3. The average molecular weight is 581 g/mol. The topological polar surface area (TPSA) is 98.1 Å². The Hall–Kier alpha value is -3.63. The van der Waals surface area contributed by atoms with Gasteiger partial charge in [-0.2, -0.15) is 0 Å². The molecule has 0 bridgehead atoms. The van der Waals surface area contributed by atoms with E-state index < -0.39 is 5.25 Å². The first kappa shape index (κ1) is 26.4. The van der Waals surface area contributed by atoms with Crippen LogP contribution >= 0.6 is 27.7 Å². The van der Waals surface area contributed by atoms with Gasteiger partial charge < -0.3 is 15.4 Å². The monoisotopic (exact) mass is 579 g/mol. The zero-order valence-electron chi connectivity index (χ0n) is 20.6. The molecule has 2 amide bonds. The lowest BCUT2D eigenvalue weighted by atomic mass is 10.2. The first-order chi connectivity index (χ1) is 17.8. The summed E-state index contributed by atoms with van der Waals surface area (Å²) in [5.41, 5.74) is 3.05. The molecule has 1 atom stereocenters. The molecule has 8 nitrogen and oxygen atoms in total. The summed E-state index contributed by atoms with van der Waals surface area (Å²) in [6.45, 7) is 5.79. The minimum atomic E-state index is -0.460. The zero-order chi connectivity index (χ0) is 26.4. The van der Waals surface area contributed by atoms with Gasteiger partial charge in [0.2, 0.25) is 11.8 Å². The molecule has 1 heterocycles. The molecule has 1 aromatic heterocycles. The Morgan fingerprint density at radius 2 is 1.57 bits per heavy atom. The van der Waals surface area contributed by atoms with Crippen molar-refractivity contribution < 1.29 is 14.3 Å². The highest BCUT2D eigenvalue weighted by atomic mass is 79.9. The summed E-state index contributed by atoms with van der Waals surface area (Å²) in [6.07, 6.45) is 0. The summed E-state index contributed by atoms with van der Waals surface area (Å²) in [7, 11) is 0. The summed E-state index contributed by atoms with van der Waals surface area (Å²) < 4.78 is 8.50. The van der Waals surface area contributed by atoms with E-state index in [1.54, 1.807) is 24.3 Å². The predicted molar refractivity (Wildman–Crippen MR) is 150 cm³/mol. The highest BCUT2D eigenvalue weighted by Crippen LogP contribution is 2.32. The fraction of sp³-hybridized carbons (Fsp3) is 0.185. The van der Waals surface area contributed by atoms with Crippen molar-refractivity contribution in [2.45, 2.75) is 31.2 Å². The Bertz CT molecular complexity index is 1370. The van der Waals surface area contributed by atoms with Crippen LogP contribution in [-0.2, 0) is 9.59 Å². The fourth-order valence-electron chi connectivity index (χ4n) is 3.52.